The molecule has 0 radical (unpaired) electrons. The predicted octanol–water partition coefficient (Wildman–Crippen LogP) is 3.58. The molecule has 4 amide bonds. The molecule has 0 bridgehead atoms. The number of rotatable bonds is 8. The van der Waals surface area contributed by atoms with Gasteiger partial charge in [-0.15, -0.1) is 0 Å². The van der Waals surface area contributed by atoms with Gasteiger partial charge in [0.25, 0.3) is 0 Å². The number of nitrogens with two attached hydrogens (primary N) is 1. The SMILES string of the molecule is CC(C)CC(=O)N(C)c1ccc2c(c1)nc(NC(=O)Nc1ccc(C#N)cc1F)n2CCC(N)=O. The van der Waals surface area contributed by atoms with Crippen LogP contribution < -0.4 is 21.3 Å². The van der Waals surface area contributed by atoms with Crippen LogP contribution in [0.15, 0.2) is 36.4 Å². The van der Waals surface area contributed by atoms with Crippen molar-refractivity contribution in [1.82, 2.24) is 9.55 Å². The minimum Gasteiger partial charge on any atom is -0.370 e. The highest BCUT2D eigenvalue weighted by Crippen LogP contribution is 2.26. The molecule has 0 saturated heterocycles. The maximum absolute atomic E-state index is 14.2. The van der Waals surface area contributed by atoms with E-state index in [2.05, 4.69) is 15.6 Å². The summed E-state index contributed by atoms with van der Waals surface area (Å²) in [5.74, 6) is -1.02. The van der Waals surface area contributed by atoms with Crippen LogP contribution in [0.1, 0.15) is 32.3 Å². The highest BCUT2D eigenvalue weighted by molar-refractivity contribution is 6.00. The second kappa shape index (κ2) is 10.6. The summed E-state index contributed by atoms with van der Waals surface area (Å²) in [6.07, 6.45) is 0.390. The van der Waals surface area contributed by atoms with E-state index < -0.39 is 17.8 Å². The second-order valence-corrected chi connectivity index (χ2v) is 8.41. The summed E-state index contributed by atoms with van der Waals surface area (Å²) in [7, 11) is 1.68. The lowest BCUT2D eigenvalue weighted by Crippen LogP contribution is -2.27. The normalized spacial score (nSPS) is 10.7. The van der Waals surface area contributed by atoms with Crippen LogP contribution in [0.5, 0.6) is 0 Å². The first-order chi connectivity index (χ1) is 16.6. The van der Waals surface area contributed by atoms with Gasteiger partial charge in [0, 0.05) is 32.1 Å². The van der Waals surface area contributed by atoms with Gasteiger partial charge in [-0.25, -0.2) is 14.2 Å². The fourth-order valence-electron chi connectivity index (χ4n) is 3.44. The molecule has 0 unspecified atom stereocenters. The summed E-state index contributed by atoms with van der Waals surface area (Å²) < 4.78 is 15.8. The summed E-state index contributed by atoms with van der Waals surface area (Å²) in [6, 6.07) is 9.90. The van der Waals surface area contributed by atoms with Gasteiger partial charge in [-0.1, -0.05) is 13.8 Å². The maximum atomic E-state index is 14.2. The molecule has 0 atom stereocenters. The van der Waals surface area contributed by atoms with Crippen LogP contribution in [-0.4, -0.2) is 34.4 Å². The lowest BCUT2D eigenvalue weighted by Gasteiger charge is -2.18. The quantitative estimate of drug-likeness (QED) is 0.452. The molecule has 3 rings (SSSR count). The second-order valence-electron chi connectivity index (χ2n) is 8.41. The van der Waals surface area contributed by atoms with Gasteiger partial charge in [0.15, 0.2) is 0 Å². The number of amides is 4. The number of imidazole rings is 1. The number of carbonyl (C=O) groups excluding carboxylic acids is 3. The molecule has 4 N–H and O–H groups in total. The number of aryl methyl sites for hydroxylation is 1. The van der Waals surface area contributed by atoms with Gasteiger partial charge in [-0.3, -0.25) is 14.9 Å². The van der Waals surface area contributed by atoms with Crippen LogP contribution in [0.3, 0.4) is 0 Å². The number of anilines is 3. The van der Waals surface area contributed by atoms with E-state index in [9.17, 15) is 18.8 Å². The van der Waals surface area contributed by atoms with Gasteiger partial charge in [0.05, 0.1) is 28.4 Å². The standard InChI is InChI=1S/C24H26FN7O3/c1-14(2)10-22(34)31(3)16-5-7-20-19(12-16)28-23(32(20)9-8-21(27)33)30-24(35)29-18-6-4-15(13-26)11-17(18)25/h4-7,11-12,14H,8-10H2,1-3H3,(H2,27,33)(H2,28,29,30,35). The fraction of sp³-hybridized carbons (Fsp3) is 0.292. The Kier molecular flexibility index (Phi) is 7.66. The summed E-state index contributed by atoms with van der Waals surface area (Å²) in [5.41, 5.74) is 7.02. The number of nitrogens with one attached hydrogen (secondary N) is 2. The monoisotopic (exact) mass is 479 g/mol. The average molecular weight is 480 g/mol. The van der Waals surface area contributed by atoms with Crippen molar-refractivity contribution in [2.45, 2.75) is 33.2 Å². The van der Waals surface area contributed by atoms with E-state index in [4.69, 9.17) is 11.0 Å². The minimum absolute atomic E-state index is 0.000533. The smallest absolute Gasteiger partial charge is 0.326 e. The van der Waals surface area contributed by atoms with E-state index in [-0.39, 0.29) is 42.0 Å². The number of nitriles is 1. The number of hydrogen-bond acceptors (Lipinski definition) is 5. The van der Waals surface area contributed by atoms with Crippen molar-refractivity contribution >= 4 is 46.2 Å². The van der Waals surface area contributed by atoms with Gasteiger partial charge in [-0.05, 0) is 42.3 Å². The summed E-state index contributed by atoms with van der Waals surface area (Å²) >= 11 is 0. The highest BCUT2D eigenvalue weighted by atomic mass is 19.1. The van der Waals surface area contributed by atoms with E-state index in [0.29, 0.717) is 23.1 Å². The Morgan fingerprint density at radius 1 is 1.20 bits per heavy atom. The molecule has 0 aliphatic heterocycles. The zero-order chi connectivity index (χ0) is 25.7. The first kappa shape index (κ1) is 25.2. The first-order valence-electron chi connectivity index (χ1n) is 10.9. The number of hydrogen-bond donors (Lipinski definition) is 3. The van der Waals surface area contributed by atoms with E-state index in [1.54, 1.807) is 29.8 Å². The molecule has 0 aliphatic rings. The van der Waals surface area contributed by atoms with E-state index in [1.165, 1.54) is 17.0 Å². The van der Waals surface area contributed by atoms with Crippen molar-refractivity contribution in [3.05, 3.63) is 47.8 Å². The van der Waals surface area contributed by atoms with E-state index in [1.807, 2.05) is 19.9 Å². The highest BCUT2D eigenvalue weighted by Gasteiger charge is 2.18. The van der Waals surface area contributed by atoms with Crippen LogP contribution in [0.25, 0.3) is 11.0 Å². The topological polar surface area (TPSA) is 146 Å². The third kappa shape index (κ3) is 6.11. The molecule has 182 valence electrons. The van der Waals surface area contributed by atoms with Crippen LogP contribution in [0.4, 0.5) is 26.5 Å². The zero-order valence-electron chi connectivity index (χ0n) is 19.6. The molecule has 0 aliphatic carbocycles. The van der Waals surface area contributed by atoms with Crippen molar-refractivity contribution in [1.29, 1.82) is 5.26 Å². The third-order valence-electron chi connectivity index (χ3n) is 5.23. The number of urea groups is 1. The minimum atomic E-state index is -0.770. The third-order valence-corrected chi connectivity index (χ3v) is 5.23. The van der Waals surface area contributed by atoms with Crippen LogP contribution in [0.2, 0.25) is 0 Å². The Bertz CT molecular complexity index is 1330. The predicted molar refractivity (Wildman–Crippen MR) is 130 cm³/mol. The van der Waals surface area contributed by atoms with E-state index >= 15 is 0 Å². The van der Waals surface area contributed by atoms with E-state index in [0.717, 1.165) is 6.07 Å². The van der Waals surface area contributed by atoms with Gasteiger partial charge in [0.1, 0.15) is 5.82 Å². The Labute approximate surface area is 201 Å². The first-order valence-corrected chi connectivity index (χ1v) is 10.9. The number of fused-ring (bicyclic) bond motifs is 1. The molecule has 2 aromatic carbocycles. The fourth-order valence-corrected chi connectivity index (χ4v) is 3.44. The molecule has 1 heterocycles. The largest absolute Gasteiger partial charge is 0.370 e. The zero-order valence-corrected chi connectivity index (χ0v) is 19.6. The van der Waals surface area contributed by atoms with Crippen molar-refractivity contribution in [2.24, 2.45) is 11.7 Å². The summed E-state index contributed by atoms with van der Waals surface area (Å²) in [4.78, 5) is 42.4. The molecule has 1 aromatic heterocycles. The van der Waals surface area contributed by atoms with Crippen LogP contribution in [-0.2, 0) is 16.1 Å². The molecular weight excluding hydrogens is 453 g/mol. The van der Waals surface area contributed by atoms with Crippen molar-refractivity contribution in [2.75, 3.05) is 22.6 Å². The average Bonchev–Trinajstić information content (AvgIpc) is 3.13. The number of primary amides is 1. The van der Waals surface area contributed by atoms with Crippen LogP contribution >= 0.6 is 0 Å². The molecular formula is C24H26FN7O3. The summed E-state index contributed by atoms with van der Waals surface area (Å²) in [5, 5.41) is 13.8. The number of carbonyl (C=O) groups is 3. The van der Waals surface area contributed by atoms with Crippen molar-refractivity contribution in [3.63, 3.8) is 0 Å². The lowest BCUT2D eigenvalue weighted by atomic mass is 10.1. The molecule has 10 nitrogen and oxygen atoms in total. The number of aromatic nitrogens is 2. The number of benzene rings is 2. The lowest BCUT2D eigenvalue weighted by molar-refractivity contribution is -0.119. The number of halogens is 1. The molecule has 0 saturated carbocycles. The van der Waals surface area contributed by atoms with Gasteiger partial charge in [0.2, 0.25) is 17.8 Å². The molecule has 11 heteroatoms. The number of nitrogens with zero attached hydrogens (tertiary/aromatic N) is 4. The Morgan fingerprint density at radius 2 is 1.94 bits per heavy atom. The molecule has 3 aromatic rings. The van der Waals surface area contributed by atoms with Gasteiger partial charge in [-0.2, -0.15) is 5.26 Å². The summed E-state index contributed by atoms with van der Waals surface area (Å²) in [6.45, 7) is 4.07. The molecule has 35 heavy (non-hydrogen) atoms. The van der Waals surface area contributed by atoms with Crippen molar-refractivity contribution < 1.29 is 18.8 Å². The maximum Gasteiger partial charge on any atom is 0.326 e. The Hall–Kier alpha value is -4.46. The van der Waals surface area contributed by atoms with Crippen molar-refractivity contribution in [3.8, 4) is 6.07 Å². The Balaban J connectivity index is 1.90. The van der Waals surface area contributed by atoms with Gasteiger partial charge < -0.3 is 20.5 Å². The van der Waals surface area contributed by atoms with Crippen LogP contribution in [0, 0.1) is 23.1 Å². The molecule has 0 fully saturated rings. The van der Waals surface area contributed by atoms with Gasteiger partial charge >= 0.3 is 6.03 Å². The molecule has 0 spiro atoms. The Morgan fingerprint density at radius 3 is 2.57 bits per heavy atom.